The summed E-state index contributed by atoms with van der Waals surface area (Å²) in [5.41, 5.74) is 0.452. The molecule has 2 saturated heterocycles. The van der Waals surface area contributed by atoms with Crippen LogP contribution in [0.5, 0.6) is 0 Å². The molecule has 2 aromatic carbocycles. The number of piperidine rings is 2. The largest absolute Gasteiger partial charge is 0.465 e. The van der Waals surface area contributed by atoms with E-state index in [0.717, 1.165) is 37.1 Å². The van der Waals surface area contributed by atoms with Gasteiger partial charge in [0.2, 0.25) is 0 Å². The van der Waals surface area contributed by atoms with E-state index in [1.807, 2.05) is 88.4 Å². The summed E-state index contributed by atoms with van der Waals surface area (Å²) in [6, 6.07) is 19.9. The van der Waals surface area contributed by atoms with E-state index in [0.29, 0.717) is 59.0 Å². The maximum atomic E-state index is 12.6. The Labute approximate surface area is 280 Å². The Morgan fingerprint density at radius 3 is 1.53 bits per heavy atom. The van der Waals surface area contributed by atoms with Crippen molar-refractivity contribution in [1.29, 1.82) is 0 Å². The fourth-order valence-corrected chi connectivity index (χ4v) is 5.61. The van der Waals surface area contributed by atoms with Crippen LogP contribution in [0.15, 0.2) is 60.7 Å². The zero-order valence-electron chi connectivity index (χ0n) is 28.9. The Balaban J connectivity index is 0.000000267. The summed E-state index contributed by atoms with van der Waals surface area (Å²) in [5.74, 6) is -0.364. The summed E-state index contributed by atoms with van der Waals surface area (Å²) < 4.78 is 27.7. The normalized spacial score (nSPS) is 17.1. The van der Waals surface area contributed by atoms with Crippen molar-refractivity contribution in [3.05, 3.63) is 71.8 Å². The molecule has 0 unspecified atom stereocenters. The lowest BCUT2D eigenvalue weighted by Crippen LogP contribution is -2.50. The molecule has 2 aromatic rings. The molecule has 0 bridgehead atoms. The second kappa shape index (κ2) is 18.8. The lowest BCUT2D eigenvalue weighted by Gasteiger charge is -2.39. The number of carbonyl (C=O) groups is 3. The van der Waals surface area contributed by atoms with Gasteiger partial charge in [0.25, 0.3) is 0 Å². The van der Waals surface area contributed by atoms with Gasteiger partial charge < -0.3 is 33.9 Å². The van der Waals surface area contributed by atoms with Gasteiger partial charge in [0.1, 0.15) is 5.60 Å². The molecular weight excluding hydrogens is 600 g/mol. The smallest absolute Gasteiger partial charge is 0.410 e. The molecule has 0 aliphatic carbocycles. The zero-order valence-corrected chi connectivity index (χ0v) is 28.9. The summed E-state index contributed by atoms with van der Waals surface area (Å²) >= 11 is 0. The molecule has 0 radical (unpaired) electrons. The van der Waals surface area contributed by atoms with Gasteiger partial charge in [-0.2, -0.15) is 0 Å². The second-order valence-corrected chi connectivity index (χ2v) is 13.2. The first-order chi connectivity index (χ1) is 22.5. The van der Waals surface area contributed by atoms with Crippen LogP contribution in [0.3, 0.4) is 0 Å². The van der Waals surface area contributed by atoms with Crippen molar-refractivity contribution in [1.82, 2.24) is 10.2 Å². The van der Waals surface area contributed by atoms with Gasteiger partial charge >= 0.3 is 18.0 Å². The molecule has 4 rings (SSSR count). The summed E-state index contributed by atoms with van der Waals surface area (Å²) in [4.78, 5) is 38.8. The van der Waals surface area contributed by atoms with Crippen molar-refractivity contribution in [2.45, 2.75) is 79.1 Å². The van der Waals surface area contributed by atoms with Gasteiger partial charge in [-0.05, 0) is 84.5 Å². The summed E-state index contributed by atoms with van der Waals surface area (Å²) in [6.07, 6.45) is 2.21. The van der Waals surface area contributed by atoms with Crippen LogP contribution in [0.1, 0.15) is 71.4 Å². The predicted molar refractivity (Wildman–Crippen MR) is 179 cm³/mol. The Morgan fingerprint density at radius 1 is 0.702 bits per heavy atom. The molecule has 1 N–H and O–H groups in total. The number of ether oxygens (including phenoxy) is 5. The quantitative estimate of drug-likeness (QED) is 0.220. The highest BCUT2D eigenvalue weighted by atomic mass is 16.6. The number of benzene rings is 2. The SMILES string of the molecule is CCOC(=O)C1(COCc2ccccc2)CCN(C(=O)OC(C)(C)C)CC1.CCOC(=O)C1(COCc2ccccc2)CCNCC1. The molecule has 0 saturated carbocycles. The number of carbonyl (C=O) groups excluding carboxylic acids is 3. The van der Waals surface area contributed by atoms with Crippen LogP contribution in [0, 0.1) is 10.8 Å². The lowest BCUT2D eigenvalue weighted by atomic mass is 9.79. The monoisotopic (exact) mass is 654 g/mol. The van der Waals surface area contributed by atoms with Gasteiger partial charge in [-0.3, -0.25) is 9.59 Å². The van der Waals surface area contributed by atoms with Crippen LogP contribution < -0.4 is 5.32 Å². The first-order valence-corrected chi connectivity index (χ1v) is 16.8. The third-order valence-corrected chi connectivity index (χ3v) is 8.33. The van der Waals surface area contributed by atoms with E-state index in [4.69, 9.17) is 23.7 Å². The van der Waals surface area contributed by atoms with Crippen LogP contribution >= 0.6 is 0 Å². The first kappa shape index (κ1) is 38.0. The molecule has 2 heterocycles. The molecular formula is C37H54N2O8. The number of amides is 1. The molecule has 2 aliphatic rings. The highest BCUT2D eigenvalue weighted by Gasteiger charge is 2.45. The van der Waals surface area contributed by atoms with Gasteiger partial charge in [-0.15, -0.1) is 0 Å². The minimum absolute atomic E-state index is 0.116. The third kappa shape index (κ3) is 12.2. The van der Waals surface area contributed by atoms with Crippen molar-refractivity contribution in [2.24, 2.45) is 10.8 Å². The number of nitrogens with one attached hydrogen (secondary N) is 1. The lowest BCUT2D eigenvalue weighted by molar-refractivity contribution is -0.164. The topological polar surface area (TPSA) is 113 Å². The molecule has 1 amide bonds. The van der Waals surface area contributed by atoms with Gasteiger partial charge in [0.05, 0.1) is 50.5 Å². The molecule has 2 fully saturated rings. The van der Waals surface area contributed by atoms with E-state index in [9.17, 15) is 14.4 Å². The number of esters is 2. The minimum Gasteiger partial charge on any atom is -0.465 e. The maximum Gasteiger partial charge on any atom is 0.410 e. The van der Waals surface area contributed by atoms with E-state index in [-0.39, 0.29) is 24.6 Å². The van der Waals surface area contributed by atoms with Crippen molar-refractivity contribution in [3.63, 3.8) is 0 Å². The van der Waals surface area contributed by atoms with Crippen molar-refractivity contribution in [3.8, 4) is 0 Å². The molecule has 47 heavy (non-hydrogen) atoms. The molecule has 0 atom stereocenters. The van der Waals surface area contributed by atoms with E-state index >= 15 is 0 Å². The maximum absolute atomic E-state index is 12.6. The van der Waals surface area contributed by atoms with Gasteiger partial charge in [0.15, 0.2) is 0 Å². The summed E-state index contributed by atoms with van der Waals surface area (Å²) in [5, 5.41) is 3.28. The standard InChI is InChI=1S/C21H31NO5.C16H23NO3/c1-5-26-18(23)21(16-25-15-17-9-7-6-8-10-17)11-13-22(14-12-21)19(24)27-20(2,3)4;1-2-20-15(18)16(8-10-17-11-9-16)13-19-12-14-6-4-3-5-7-14/h6-10H,5,11-16H2,1-4H3;3-7,17H,2,8-13H2,1H3. The molecule has 10 nitrogen and oxygen atoms in total. The first-order valence-electron chi connectivity index (χ1n) is 16.8. The third-order valence-electron chi connectivity index (χ3n) is 8.33. The van der Waals surface area contributed by atoms with E-state index < -0.39 is 16.4 Å². The van der Waals surface area contributed by atoms with Crippen molar-refractivity contribution < 1.29 is 38.1 Å². The second-order valence-electron chi connectivity index (χ2n) is 13.2. The highest BCUT2D eigenvalue weighted by molar-refractivity contribution is 5.78. The van der Waals surface area contributed by atoms with Crippen LogP contribution in [0.2, 0.25) is 0 Å². The Kier molecular flexibility index (Phi) is 15.2. The van der Waals surface area contributed by atoms with Crippen molar-refractivity contribution in [2.75, 3.05) is 52.6 Å². The van der Waals surface area contributed by atoms with E-state index in [1.54, 1.807) is 11.8 Å². The Morgan fingerprint density at radius 2 is 1.13 bits per heavy atom. The average Bonchev–Trinajstić information content (AvgIpc) is 3.06. The number of likely N-dealkylation sites (tertiary alicyclic amines) is 1. The van der Waals surface area contributed by atoms with Gasteiger partial charge in [-0.1, -0.05) is 60.7 Å². The molecule has 2 aliphatic heterocycles. The Hall–Kier alpha value is -3.47. The number of hydrogen-bond acceptors (Lipinski definition) is 9. The van der Waals surface area contributed by atoms with Gasteiger partial charge in [0, 0.05) is 13.1 Å². The summed E-state index contributed by atoms with van der Waals surface area (Å²) in [7, 11) is 0. The number of rotatable bonds is 12. The van der Waals surface area contributed by atoms with Crippen LogP contribution in [0.25, 0.3) is 0 Å². The van der Waals surface area contributed by atoms with E-state index in [1.165, 1.54) is 0 Å². The predicted octanol–water partition coefficient (Wildman–Crippen LogP) is 5.92. The minimum atomic E-state index is -0.719. The molecule has 10 heteroatoms. The fourth-order valence-electron chi connectivity index (χ4n) is 5.61. The van der Waals surface area contributed by atoms with Gasteiger partial charge in [-0.25, -0.2) is 4.79 Å². The van der Waals surface area contributed by atoms with E-state index in [2.05, 4.69) is 5.32 Å². The number of hydrogen-bond donors (Lipinski definition) is 1. The molecule has 0 aromatic heterocycles. The Bertz CT molecular complexity index is 1220. The van der Waals surface area contributed by atoms with Crippen LogP contribution in [-0.2, 0) is 46.5 Å². The molecule has 260 valence electrons. The van der Waals surface area contributed by atoms with Crippen LogP contribution in [0.4, 0.5) is 4.79 Å². The van der Waals surface area contributed by atoms with Crippen LogP contribution in [-0.4, -0.2) is 81.1 Å². The number of nitrogens with zero attached hydrogens (tertiary/aromatic N) is 1. The summed E-state index contributed by atoms with van der Waals surface area (Å²) in [6.45, 7) is 14.2. The molecule has 0 spiro atoms. The average molecular weight is 655 g/mol. The highest BCUT2D eigenvalue weighted by Crippen LogP contribution is 2.35. The zero-order chi connectivity index (χ0) is 34.2. The fraction of sp³-hybridized carbons (Fsp3) is 0.595. The van der Waals surface area contributed by atoms with Crippen molar-refractivity contribution >= 4 is 18.0 Å².